The lowest BCUT2D eigenvalue weighted by molar-refractivity contribution is -0.137. The summed E-state index contributed by atoms with van der Waals surface area (Å²) in [6.45, 7) is 1.92. The summed E-state index contributed by atoms with van der Waals surface area (Å²) in [5, 5.41) is 2.50. The second kappa shape index (κ2) is 7.65. The summed E-state index contributed by atoms with van der Waals surface area (Å²) in [7, 11) is 1.67. The van der Waals surface area contributed by atoms with Crippen LogP contribution < -0.4 is 5.32 Å². The van der Waals surface area contributed by atoms with Crippen molar-refractivity contribution in [1.29, 1.82) is 0 Å². The van der Waals surface area contributed by atoms with Gasteiger partial charge in [-0.25, -0.2) is 4.39 Å². The first kappa shape index (κ1) is 18.9. The second-order valence-corrected chi connectivity index (χ2v) is 5.75. The largest absolute Gasteiger partial charge is 0.416 e. The maximum absolute atomic E-state index is 13.6. The van der Waals surface area contributed by atoms with Gasteiger partial charge in [0.25, 0.3) is 0 Å². The van der Waals surface area contributed by atoms with E-state index in [0.29, 0.717) is 5.56 Å². The Morgan fingerprint density at radius 3 is 2.28 bits per heavy atom. The molecule has 2 rings (SSSR count). The molecular weight excluding hydrogens is 336 g/mol. The fourth-order valence-electron chi connectivity index (χ4n) is 2.22. The van der Waals surface area contributed by atoms with E-state index < -0.39 is 29.5 Å². The van der Waals surface area contributed by atoms with Crippen LogP contribution in [0.4, 0.5) is 23.2 Å². The maximum Gasteiger partial charge on any atom is 0.416 e. The summed E-state index contributed by atoms with van der Waals surface area (Å²) in [6.07, 6.45) is -4.38. The van der Waals surface area contributed by atoms with Gasteiger partial charge in [0.2, 0.25) is 5.91 Å². The van der Waals surface area contributed by atoms with Crippen LogP contribution in [0.3, 0.4) is 0 Å². The van der Waals surface area contributed by atoms with E-state index in [2.05, 4.69) is 5.32 Å². The van der Waals surface area contributed by atoms with Gasteiger partial charge in [0, 0.05) is 6.54 Å². The number of carbonyl (C=O) groups is 1. The quantitative estimate of drug-likeness (QED) is 0.812. The number of para-hydroxylation sites is 1. The molecule has 0 aliphatic carbocycles. The molecule has 2 aromatic rings. The Balaban J connectivity index is 1.98. The van der Waals surface area contributed by atoms with E-state index in [9.17, 15) is 22.4 Å². The average molecular weight is 354 g/mol. The van der Waals surface area contributed by atoms with Crippen molar-refractivity contribution in [3.8, 4) is 0 Å². The zero-order chi connectivity index (χ0) is 18.6. The molecule has 1 amide bonds. The lowest BCUT2D eigenvalue weighted by Crippen LogP contribution is -2.39. The van der Waals surface area contributed by atoms with Crippen molar-refractivity contribution in [3.05, 3.63) is 65.5 Å². The maximum atomic E-state index is 13.6. The van der Waals surface area contributed by atoms with Gasteiger partial charge in [-0.2, -0.15) is 13.2 Å². The number of benzene rings is 2. The molecule has 1 N–H and O–H groups in total. The predicted molar refractivity (Wildman–Crippen MR) is 87.4 cm³/mol. The average Bonchev–Trinajstić information content (AvgIpc) is 2.55. The van der Waals surface area contributed by atoms with E-state index in [1.54, 1.807) is 24.9 Å². The Kier molecular flexibility index (Phi) is 5.79. The number of anilines is 1. The molecular formula is C18H18F4N2O. The van der Waals surface area contributed by atoms with Crippen molar-refractivity contribution in [3.63, 3.8) is 0 Å². The summed E-state index contributed by atoms with van der Waals surface area (Å²) in [6, 6.07) is 9.99. The molecule has 0 bridgehead atoms. The highest BCUT2D eigenvalue weighted by Crippen LogP contribution is 2.29. The van der Waals surface area contributed by atoms with Crippen molar-refractivity contribution in [1.82, 2.24) is 4.90 Å². The van der Waals surface area contributed by atoms with Crippen molar-refractivity contribution in [2.75, 3.05) is 12.4 Å². The Morgan fingerprint density at radius 1 is 1.12 bits per heavy atom. The number of alkyl halides is 3. The Labute approximate surface area is 143 Å². The number of nitrogens with one attached hydrogen (secondary N) is 1. The molecule has 0 radical (unpaired) electrons. The van der Waals surface area contributed by atoms with E-state index in [4.69, 9.17) is 0 Å². The second-order valence-electron chi connectivity index (χ2n) is 5.75. The third kappa shape index (κ3) is 5.03. The van der Waals surface area contributed by atoms with Crippen LogP contribution in [-0.2, 0) is 17.5 Å². The summed E-state index contributed by atoms with van der Waals surface area (Å²) < 4.78 is 51.3. The Bertz CT molecular complexity index is 729. The molecule has 0 fully saturated rings. The van der Waals surface area contributed by atoms with Crippen LogP contribution in [0.25, 0.3) is 0 Å². The van der Waals surface area contributed by atoms with E-state index in [0.717, 1.165) is 12.1 Å². The van der Waals surface area contributed by atoms with Gasteiger partial charge in [-0.1, -0.05) is 24.3 Å². The normalized spacial score (nSPS) is 12.9. The number of hydrogen-bond donors (Lipinski definition) is 1. The van der Waals surface area contributed by atoms with E-state index in [1.165, 1.54) is 30.3 Å². The Hall–Kier alpha value is -2.41. The van der Waals surface area contributed by atoms with Crippen molar-refractivity contribution < 1.29 is 22.4 Å². The Morgan fingerprint density at radius 2 is 1.72 bits per heavy atom. The van der Waals surface area contributed by atoms with Gasteiger partial charge < -0.3 is 5.32 Å². The number of nitrogens with zero attached hydrogens (tertiary/aromatic N) is 1. The van der Waals surface area contributed by atoms with Gasteiger partial charge in [-0.05, 0) is 43.8 Å². The fraction of sp³-hybridized carbons (Fsp3) is 0.278. The SMILES string of the molecule is C[C@@H](C(=O)Nc1ccccc1F)N(C)Cc1ccc(C(F)(F)F)cc1. The molecule has 0 saturated carbocycles. The first-order chi connectivity index (χ1) is 11.7. The molecule has 7 heteroatoms. The summed E-state index contributed by atoms with van der Waals surface area (Å²) >= 11 is 0. The number of rotatable bonds is 5. The van der Waals surface area contributed by atoms with Crippen molar-refractivity contribution >= 4 is 11.6 Å². The summed E-state index contributed by atoms with van der Waals surface area (Å²) in [5.74, 6) is -0.937. The molecule has 0 aliphatic rings. The first-order valence-electron chi connectivity index (χ1n) is 7.60. The van der Waals surface area contributed by atoms with Crippen molar-refractivity contribution in [2.45, 2.75) is 25.7 Å². The van der Waals surface area contributed by atoms with Crippen LogP contribution in [0.2, 0.25) is 0 Å². The standard InChI is InChI=1S/C18H18F4N2O/c1-12(17(25)23-16-6-4-3-5-15(16)19)24(2)11-13-7-9-14(10-8-13)18(20,21)22/h3-10,12H,11H2,1-2H3,(H,23,25)/t12-/m0/s1. The van der Waals surface area contributed by atoms with Crippen LogP contribution in [0, 0.1) is 5.82 Å². The third-order valence-corrected chi connectivity index (χ3v) is 3.89. The molecule has 2 aromatic carbocycles. The summed E-state index contributed by atoms with van der Waals surface area (Å²) in [5.41, 5.74) is 0.00701. The number of halogens is 4. The molecule has 0 aliphatic heterocycles. The van der Waals surface area contributed by atoms with Crippen LogP contribution in [0.5, 0.6) is 0 Å². The van der Waals surface area contributed by atoms with Gasteiger partial charge >= 0.3 is 6.18 Å². The van der Waals surface area contributed by atoms with Crippen LogP contribution in [0.15, 0.2) is 48.5 Å². The zero-order valence-electron chi connectivity index (χ0n) is 13.8. The van der Waals surface area contributed by atoms with Gasteiger partial charge in [0.1, 0.15) is 5.82 Å². The monoisotopic (exact) mass is 354 g/mol. The fourth-order valence-corrected chi connectivity index (χ4v) is 2.22. The minimum Gasteiger partial charge on any atom is -0.322 e. The molecule has 0 heterocycles. The van der Waals surface area contributed by atoms with Gasteiger partial charge in [0.05, 0.1) is 17.3 Å². The lowest BCUT2D eigenvalue weighted by atomic mass is 10.1. The molecule has 0 unspecified atom stereocenters. The van der Waals surface area contributed by atoms with Gasteiger partial charge in [-0.3, -0.25) is 9.69 Å². The van der Waals surface area contributed by atoms with E-state index >= 15 is 0 Å². The van der Waals surface area contributed by atoms with E-state index in [1.807, 2.05) is 0 Å². The minimum atomic E-state index is -4.38. The lowest BCUT2D eigenvalue weighted by Gasteiger charge is -2.24. The molecule has 3 nitrogen and oxygen atoms in total. The number of hydrogen-bond acceptors (Lipinski definition) is 2. The molecule has 25 heavy (non-hydrogen) atoms. The highest BCUT2D eigenvalue weighted by molar-refractivity contribution is 5.94. The molecule has 1 atom stereocenters. The minimum absolute atomic E-state index is 0.0854. The summed E-state index contributed by atoms with van der Waals surface area (Å²) in [4.78, 5) is 13.9. The highest BCUT2D eigenvalue weighted by atomic mass is 19.4. The molecule has 0 spiro atoms. The number of carbonyl (C=O) groups excluding carboxylic acids is 1. The predicted octanol–water partition coefficient (Wildman–Crippen LogP) is 4.30. The van der Waals surface area contributed by atoms with Crippen LogP contribution in [0.1, 0.15) is 18.1 Å². The van der Waals surface area contributed by atoms with Crippen molar-refractivity contribution in [2.24, 2.45) is 0 Å². The smallest absolute Gasteiger partial charge is 0.322 e. The van der Waals surface area contributed by atoms with Crippen LogP contribution in [-0.4, -0.2) is 23.9 Å². The molecule has 134 valence electrons. The first-order valence-corrected chi connectivity index (χ1v) is 7.60. The van der Waals surface area contributed by atoms with E-state index in [-0.39, 0.29) is 12.2 Å². The number of amides is 1. The topological polar surface area (TPSA) is 32.3 Å². The van der Waals surface area contributed by atoms with Gasteiger partial charge in [0.15, 0.2) is 0 Å². The third-order valence-electron chi connectivity index (χ3n) is 3.89. The van der Waals surface area contributed by atoms with Gasteiger partial charge in [-0.15, -0.1) is 0 Å². The highest BCUT2D eigenvalue weighted by Gasteiger charge is 2.30. The molecule has 0 aromatic heterocycles. The molecule has 0 saturated heterocycles. The number of likely N-dealkylation sites (N-methyl/N-ethyl adjacent to an activating group) is 1. The zero-order valence-corrected chi connectivity index (χ0v) is 13.8. The van der Waals surface area contributed by atoms with Crippen LogP contribution >= 0.6 is 0 Å².